The Labute approximate surface area is 157 Å². The van der Waals surface area contributed by atoms with Crippen LogP contribution in [-0.2, 0) is 9.53 Å². The summed E-state index contributed by atoms with van der Waals surface area (Å²) < 4.78 is 11.0. The SMILES string of the molecule is COCCN1CCCC2(CCCN2CCCCOc2ccccc2)C1=O. The molecule has 26 heavy (non-hydrogen) atoms. The minimum atomic E-state index is -0.244. The Morgan fingerprint density at radius 3 is 2.54 bits per heavy atom. The predicted octanol–water partition coefficient (Wildman–Crippen LogP) is 2.95. The maximum Gasteiger partial charge on any atom is 0.243 e. The summed E-state index contributed by atoms with van der Waals surface area (Å²) in [7, 11) is 1.70. The van der Waals surface area contributed by atoms with Crippen molar-refractivity contribution < 1.29 is 14.3 Å². The number of amides is 1. The molecule has 1 aromatic rings. The average Bonchev–Trinajstić information content (AvgIpc) is 3.07. The Morgan fingerprint density at radius 2 is 1.77 bits per heavy atom. The fourth-order valence-corrected chi connectivity index (χ4v) is 4.38. The summed E-state index contributed by atoms with van der Waals surface area (Å²) >= 11 is 0. The molecule has 3 rings (SSSR count). The third-order valence-corrected chi connectivity index (χ3v) is 5.73. The third kappa shape index (κ3) is 4.38. The molecule has 2 aliphatic heterocycles. The number of benzene rings is 1. The van der Waals surface area contributed by atoms with Crippen LogP contribution in [-0.4, -0.2) is 67.7 Å². The van der Waals surface area contributed by atoms with Crippen molar-refractivity contribution in [1.29, 1.82) is 0 Å². The number of unbranched alkanes of at least 4 members (excludes halogenated alkanes) is 1. The lowest BCUT2D eigenvalue weighted by Crippen LogP contribution is -2.60. The number of likely N-dealkylation sites (tertiary alicyclic amines) is 2. The number of piperidine rings is 1. The third-order valence-electron chi connectivity index (χ3n) is 5.73. The molecule has 1 amide bonds. The minimum absolute atomic E-state index is 0.244. The van der Waals surface area contributed by atoms with E-state index < -0.39 is 0 Å². The second kappa shape index (κ2) is 9.38. The molecule has 2 heterocycles. The van der Waals surface area contributed by atoms with Crippen LogP contribution in [0.1, 0.15) is 38.5 Å². The van der Waals surface area contributed by atoms with E-state index in [0.717, 1.165) is 77.1 Å². The highest BCUT2D eigenvalue weighted by atomic mass is 16.5. The van der Waals surface area contributed by atoms with Crippen LogP contribution in [0.4, 0.5) is 0 Å². The largest absolute Gasteiger partial charge is 0.494 e. The van der Waals surface area contributed by atoms with Crippen LogP contribution < -0.4 is 4.74 Å². The molecule has 5 nitrogen and oxygen atoms in total. The standard InChI is InChI=1S/C21H32N2O3/c1-25-18-16-22-13-7-11-21(20(22)24)12-8-15-23(21)14-5-6-17-26-19-9-3-2-4-10-19/h2-4,9-10H,5-8,11-18H2,1H3. The van der Waals surface area contributed by atoms with Crippen molar-refractivity contribution in [2.24, 2.45) is 0 Å². The molecule has 0 aliphatic carbocycles. The zero-order valence-corrected chi connectivity index (χ0v) is 16.0. The Balaban J connectivity index is 1.47. The van der Waals surface area contributed by atoms with E-state index in [4.69, 9.17) is 9.47 Å². The monoisotopic (exact) mass is 360 g/mol. The van der Waals surface area contributed by atoms with Gasteiger partial charge in [0.05, 0.1) is 13.2 Å². The van der Waals surface area contributed by atoms with Gasteiger partial charge in [-0.3, -0.25) is 9.69 Å². The normalized spacial score (nSPS) is 23.7. The lowest BCUT2D eigenvalue weighted by atomic mass is 9.85. The molecule has 0 radical (unpaired) electrons. The molecule has 1 atom stereocenters. The fourth-order valence-electron chi connectivity index (χ4n) is 4.38. The van der Waals surface area contributed by atoms with Gasteiger partial charge in [-0.05, 0) is 63.7 Å². The second-order valence-corrected chi connectivity index (χ2v) is 7.38. The van der Waals surface area contributed by atoms with Crippen LogP contribution >= 0.6 is 0 Å². The predicted molar refractivity (Wildman–Crippen MR) is 102 cm³/mol. The molecular formula is C21H32N2O3. The number of hydrogen-bond donors (Lipinski definition) is 0. The molecule has 0 N–H and O–H groups in total. The van der Waals surface area contributed by atoms with E-state index in [-0.39, 0.29) is 5.54 Å². The molecule has 1 spiro atoms. The molecule has 0 saturated carbocycles. The van der Waals surface area contributed by atoms with Crippen LogP contribution in [0.5, 0.6) is 5.75 Å². The summed E-state index contributed by atoms with van der Waals surface area (Å²) in [6.07, 6.45) is 6.34. The first-order chi connectivity index (χ1) is 12.8. The van der Waals surface area contributed by atoms with Crippen molar-refractivity contribution in [2.45, 2.75) is 44.1 Å². The highest BCUT2D eigenvalue weighted by Crippen LogP contribution is 2.38. The highest BCUT2D eigenvalue weighted by molar-refractivity contribution is 5.87. The zero-order valence-electron chi connectivity index (χ0n) is 16.0. The van der Waals surface area contributed by atoms with E-state index in [1.807, 2.05) is 35.2 Å². The highest BCUT2D eigenvalue weighted by Gasteiger charge is 2.50. The van der Waals surface area contributed by atoms with Crippen LogP contribution in [0.3, 0.4) is 0 Å². The van der Waals surface area contributed by atoms with Crippen molar-refractivity contribution in [3.05, 3.63) is 30.3 Å². The Kier molecular flexibility index (Phi) is 6.92. The summed E-state index contributed by atoms with van der Waals surface area (Å²) in [4.78, 5) is 17.6. The maximum absolute atomic E-state index is 13.1. The van der Waals surface area contributed by atoms with E-state index in [1.165, 1.54) is 0 Å². The molecule has 0 aromatic heterocycles. The molecule has 1 unspecified atom stereocenters. The zero-order chi connectivity index (χ0) is 18.2. The number of methoxy groups -OCH3 is 1. The van der Waals surface area contributed by atoms with Gasteiger partial charge in [0.25, 0.3) is 0 Å². The van der Waals surface area contributed by atoms with Crippen LogP contribution in [0.25, 0.3) is 0 Å². The van der Waals surface area contributed by atoms with E-state index in [2.05, 4.69) is 4.90 Å². The smallest absolute Gasteiger partial charge is 0.243 e. The summed E-state index contributed by atoms with van der Waals surface area (Å²) in [6, 6.07) is 9.97. The van der Waals surface area contributed by atoms with Gasteiger partial charge in [0.1, 0.15) is 11.3 Å². The Morgan fingerprint density at radius 1 is 1.00 bits per heavy atom. The average molecular weight is 360 g/mol. The lowest BCUT2D eigenvalue weighted by molar-refractivity contribution is -0.148. The van der Waals surface area contributed by atoms with Gasteiger partial charge < -0.3 is 14.4 Å². The summed E-state index contributed by atoms with van der Waals surface area (Å²) in [5.74, 6) is 1.26. The number of ether oxygens (including phenoxy) is 2. The van der Waals surface area contributed by atoms with Gasteiger partial charge in [-0.15, -0.1) is 0 Å². The first-order valence-corrected chi connectivity index (χ1v) is 9.97. The lowest BCUT2D eigenvalue weighted by Gasteiger charge is -2.44. The van der Waals surface area contributed by atoms with E-state index in [9.17, 15) is 4.79 Å². The quantitative estimate of drug-likeness (QED) is 0.635. The van der Waals surface area contributed by atoms with Crippen molar-refractivity contribution in [2.75, 3.05) is 46.5 Å². The number of nitrogens with zero attached hydrogens (tertiary/aromatic N) is 2. The van der Waals surface area contributed by atoms with Crippen molar-refractivity contribution >= 4 is 5.91 Å². The Hall–Kier alpha value is -1.59. The minimum Gasteiger partial charge on any atom is -0.494 e. The molecule has 2 aliphatic rings. The van der Waals surface area contributed by atoms with Crippen LogP contribution in [0.2, 0.25) is 0 Å². The van der Waals surface area contributed by atoms with Gasteiger partial charge in [-0.1, -0.05) is 18.2 Å². The Bertz CT molecular complexity index is 566. The number of carbonyl (C=O) groups excluding carboxylic acids is 1. The molecule has 2 fully saturated rings. The second-order valence-electron chi connectivity index (χ2n) is 7.38. The first kappa shape index (κ1) is 19.2. The maximum atomic E-state index is 13.1. The van der Waals surface area contributed by atoms with Crippen molar-refractivity contribution in [3.8, 4) is 5.75 Å². The van der Waals surface area contributed by atoms with Crippen LogP contribution in [0.15, 0.2) is 30.3 Å². The van der Waals surface area contributed by atoms with Gasteiger partial charge in [-0.2, -0.15) is 0 Å². The fraction of sp³-hybridized carbons (Fsp3) is 0.667. The molecular weight excluding hydrogens is 328 g/mol. The number of carbonyl (C=O) groups is 1. The summed E-state index contributed by atoms with van der Waals surface area (Å²) in [5.41, 5.74) is -0.244. The van der Waals surface area contributed by atoms with Gasteiger partial charge in [0.2, 0.25) is 5.91 Å². The topological polar surface area (TPSA) is 42.0 Å². The number of para-hydroxylation sites is 1. The molecule has 2 saturated heterocycles. The van der Waals surface area contributed by atoms with Gasteiger partial charge in [0, 0.05) is 20.2 Å². The molecule has 0 bridgehead atoms. The summed E-state index contributed by atoms with van der Waals surface area (Å²) in [6.45, 7) is 4.99. The van der Waals surface area contributed by atoms with Crippen molar-refractivity contribution in [3.63, 3.8) is 0 Å². The van der Waals surface area contributed by atoms with Gasteiger partial charge in [-0.25, -0.2) is 0 Å². The first-order valence-electron chi connectivity index (χ1n) is 9.97. The molecule has 1 aromatic carbocycles. The number of hydrogen-bond acceptors (Lipinski definition) is 4. The van der Waals surface area contributed by atoms with Gasteiger partial charge >= 0.3 is 0 Å². The van der Waals surface area contributed by atoms with Crippen molar-refractivity contribution in [1.82, 2.24) is 9.80 Å². The van der Waals surface area contributed by atoms with Crippen LogP contribution in [0, 0.1) is 0 Å². The van der Waals surface area contributed by atoms with Gasteiger partial charge in [0.15, 0.2) is 0 Å². The van der Waals surface area contributed by atoms with E-state index in [0.29, 0.717) is 12.5 Å². The van der Waals surface area contributed by atoms with E-state index >= 15 is 0 Å². The van der Waals surface area contributed by atoms with E-state index in [1.54, 1.807) is 7.11 Å². The number of rotatable bonds is 9. The molecule has 144 valence electrons. The summed E-state index contributed by atoms with van der Waals surface area (Å²) in [5, 5.41) is 0. The molecule has 5 heteroatoms.